The Morgan fingerprint density at radius 2 is 2.13 bits per heavy atom. The van der Waals surface area contributed by atoms with Gasteiger partial charge >= 0.3 is 0 Å². The number of aliphatic hydroxyl groups excluding tert-OH is 1. The number of hydrogen-bond acceptors (Lipinski definition) is 3. The summed E-state index contributed by atoms with van der Waals surface area (Å²) in [4.78, 5) is 0. The third-order valence-electron chi connectivity index (χ3n) is 2.20. The first kappa shape index (κ1) is 12.1. The molecule has 15 heavy (non-hydrogen) atoms. The van der Waals surface area contributed by atoms with Gasteiger partial charge in [0.15, 0.2) is 11.5 Å². The van der Waals surface area contributed by atoms with Gasteiger partial charge in [0.05, 0.1) is 18.2 Å². The van der Waals surface area contributed by atoms with Crippen LogP contribution in [0.4, 0.5) is 0 Å². The Morgan fingerprint density at radius 3 is 2.60 bits per heavy atom. The summed E-state index contributed by atoms with van der Waals surface area (Å²) in [5.41, 5.74) is 1.35. The lowest BCUT2D eigenvalue weighted by Crippen LogP contribution is -2.06. The van der Waals surface area contributed by atoms with Crippen LogP contribution >= 0.6 is 11.6 Å². The van der Waals surface area contributed by atoms with Gasteiger partial charge in [-0.15, -0.1) is 0 Å². The van der Waals surface area contributed by atoms with Gasteiger partial charge in [-0.05, 0) is 25.5 Å². The zero-order valence-corrected chi connectivity index (χ0v) is 9.80. The maximum atomic E-state index is 9.82. The van der Waals surface area contributed by atoms with E-state index in [1.807, 2.05) is 6.92 Å². The van der Waals surface area contributed by atoms with Gasteiger partial charge < -0.3 is 14.9 Å². The van der Waals surface area contributed by atoms with Crippen molar-refractivity contribution >= 4 is 11.6 Å². The van der Waals surface area contributed by atoms with Gasteiger partial charge in [0.2, 0.25) is 0 Å². The first-order valence-electron chi connectivity index (χ1n) is 4.70. The van der Waals surface area contributed by atoms with Gasteiger partial charge in [-0.1, -0.05) is 11.6 Å². The number of benzene rings is 1. The third kappa shape index (κ3) is 2.55. The summed E-state index contributed by atoms with van der Waals surface area (Å²) in [6.45, 7) is 3.47. The number of rotatable bonds is 3. The second-order valence-corrected chi connectivity index (χ2v) is 3.97. The Bertz CT molecular complexity index is 361. The molecular formula is C11H15ClO3. The molecule has 0 radical (unpaired) electrons. The maximum Gasteiger partial charge on any atom is 0.162 e. The minimum Gasteiger partial charge on any atom is -0.504 e. The van der Waals surface area contributed by atoms with E-state index < -0.39 is 6.10 Å². The predicted octanol–water partition coefficient (Wildman–Crippen LogP) is 2.29. The molecule has 0 bridgehead atoms. The average Bonchev–Trinajstić information content (AvgIpc) is 2.18. The quantitative estimate of drug-likeness (QED) is 0.838. The zero-order chi connectivity index (χ0) is 11.6. The van der Waals surface area contributed by atoms with Crippen LogP contribution in [0.15, 0.2) is 6.07 Å². The normalized spacial score (nSPS) is 12.6. The third-order valence-corrected chi connectivity index (χ3v) is 2.72. The largest absolute Gasteiger partial charge is 0.504 e. The summed E-state index contributed by atoms with van der Waals surface area (Å²) in [7, 11) is 1.48. The molecular weight excluding hydrogens is 216 g/mol. The van der Waals surface area contributed by atoms with Crippen LogP contribution in [-0.2, 0) is 6.42 Å². The molecule has 1 aromatic carbocycles. The van der Waals surface area contributed by atoms with E-state index in [0.29, 0.717) is 22.8 Å². The Balaban J connectivity index is 3.27. The molecule has 4 heteroatoms. The summed E-state index contributed by atoms with van der Waals surface area (Å²) in [5, 5.41) is 19.6. The second-order valence-electron chi connectivity index (χ2n) is 3.59. The summed E-state index contributed by atoms with van der Waals surface area (Å²) in [6, 6.07) is 1.67. The first-order valence-corrected chi connectivity index (χ1v) is 5.08. The summed E-state index contributed by atoms with van der Waals surface area (Å²) < 4.78 is 5.01. The number of aliphatic hydroxyl groups is 1. The molecule has 0 saturated heterocycles. The van der Waals surface area contributed by atoms with E-state index in [0.717, 1.165) is 5.56 Å². The van der Waals surface area contributed by atoms with Gasteiger partial charge in [-0.25, -0.2) is 0 Å². The van der Waals surface area contributed by atoms with Crippen molar-refractivity contribution in [3.8, 4) is 11.5 Å². The number of halogens is 1. The standard InChI is InChI=1S/C11H15ClO3/c1-6-4-9(15-3)11(14)8(10(6)12)5-7(2)13/h4,7,13-14H,5H2,1-3H3. The lowest BCUT2D eigenvalue weighted by Gasteiger charge is -2.14. The highest BCUT2D eigenvalue weighted by Gasteiger charge is 2.16. The van der Waals surface area contributed by atoms with E-state index in [-0.39, 0.29) is 5.75 Å². The van der Waals surface area contributed by atoms with Crippen LogP contribution in [0, 0.1) is 6.92 Å². The van der Waals surface area contributed by atoms with Crippen LogP contribution in [0.3, 0.4) is 0 Å². The van der Waals surface area contributed by atoms with Crippen LogP contribution in [0.2, 0.25) is 5.02 Å². The van der Waals surface area contributed by atoms with Gasteiger partial charge in [0.1, 0.15) is 0 Å². The Morgan fingerprint density at radius 1 is 1.53 bits per heavy atom. The van der Waals surface area contributed by atoms with Gasteiger partial charge in [-0.2, -0.15) is 0 Å². The van der Waals surface area contributed by atoms with Gasteiger partial charge in [0, 0.05) is 12.0 Å². The van der Waals surface area contributed by atoms with Gasteiger partial charge in [0.25, 0.3) is 0 Å². The molecule has 3 nitrogen and oxygen atoms in total. The molecule has 1 unspecified atom stereocenters. The lowest BCUT2D eigenvalue weighted by molar-refractivity contribution is 0.194. The van der Waals surface area contributed by atoms with Crippen molar-refractivity contribution in [3.63, 3.8) is 0 Å². The second kappa shape index (κ2) is 4.73. The smallest absolute Gasteiger partial charge is 0.162 e. The van der Waals surface area contributed by atoms with Crippen molar-refractivity contribution in [2.45, 2.75) is 26.4 Å². The Labute approximate surface area is 94.3 Å². The Kier molecular flexibility index (Phi) is 3.83. The number of phenolic OH excluding ortho intramolecular Hbond substituents is 1. The number of phenols is 1. The Hall–Kier alpha value is -0.930. The van der Waals surface area contributed by atoms with Crippen LogP contribution in [-0.4, -0.2) is 23.4 Å². The van der Waals surface area contributed by atoms with Crippen molar-refractivity contribution in [2.75, 3.05) is 7.11 Å². The lowest BCUT2D eigenvalue weighted by atomic mass is 10.0. The molecule has 0 aromatic heterocycles. The molecule has 0 aliphatic rings. The monoisotopic (exact) mass is 230 g/mol. The van der Waals surface area contributed by atoms with Crippen LogP contribution in [0.25, 0.3) is 0 Å². The van der Waals surface area contributed by atoms with E-state index in [2.05, 4.69) is 0 Å². The van der Waals surface area contributed by atoms with Crippen molar-refractivity contribution in [2.24, 2.45) is 0 Å². The summed E-state index contributed by atoms with van der Waals surface area (Å²) in [5.74, 6) is 0.390. The molecule has 0 saturated carbocycles. The first-order chi connectivity index (χ1) is 6.97. The summed E-state index contributed by atoms with van der Waals surface area (Å²) >= 11 is 6.04. The fourth-order valence-electron chi connectivity index (χ4n) is 1.46. The minimum absolute atomic E-state index is 0.00833. The van der Waals surface area contributed by atoms with E-state index >= 15 is 0 Å². The molecule has 2 N–H and O–H groups in total. The van der Waals surface area contributed by atoms with Crippen molar-refractivity contribution in [1.29, 1.82) is 0 Å². The molecule has 0 heterocycles. The highest BCUT2D eigenvalue weighted by molar-refractivity contribution is 6.32. The van der Waals surface area contributed by atoms with Crippen LogP contribution in [0.5, 0.6) is 11.5 Å². The van der Waals surface area contributed by atoms with Gasteiger partial charge in [-0.3, -0.25) is 0 Å². The van der Waals surface area contributed by atoms with E-state index in [9.17, 15) is 10.2 Å². The van der Waals surface area contributed by atoms with Crippen molar-refractivity contribution < 1.29 is 14.9 Å². The SMILES string of the molecule is COc1cc(C)c(Cl)c(CC(C)O)c1O. The molecule has 1 atom stereocenters. The molecule has 0 aliphatic carbocycles. The fraction of sp³-hybridized carbons (Fsp3) is 0.455. The molecule has 0 amide bonds. The molecule has 0 fully saturated rings. The van der Waals surface area contributed by atoms with Crippen molar-refractivity contribution in [1.82, 2.24) is 0 Å². The minimum atomic E-state index is -0.556. The molecule has 1 aromatic rings. The number of aryl methyl sites for hydroxylation is 1. The number of hydrogen-bond donors (Lipinski definition) is 2. The van der Waals surface area contributed by atoms with Crippen molar-refractivity contribution in [3.05, 3.63) is 22.2 Å². The molecule has 84 valence electrons. The highest BCUT2D eigenvalue weighted by atomic mass is 35.5. The topological polar surface area (TPSA) is 49.7 Å². The maximum absolute atomic E-state index is 9.82. The molecule has 0 aliphatic heterocycles. The highest BCUT2D eigenvalue weighted by Crippen LogP contribution is 2.38. The van der Waals surface area contributed by atoms with E-state index in [1.54, 1.807) is 13.0 Å². The molecule has 0 spiro atoms. The fourth-order valence-corrected chi connectivity index (χ4v) is 1.68. The van der Waals surface area contributed by atoms with E-state index in [1.165, 1.54) is 7.11 Å². The predicted molar refractivity (Wildman–Crippen MR) is 59.8 cm³/mol. The van der Waals surface area contributed by atoms with Crippen LogP contribution in [0.1, 0.15) is 18.1 Å². The number of methoxy groups -OCH3 is 1. The van der Waals surface area contributed by atoms with E-state index in [4.69, 9.17) is 16.3 Å². The number of ether oxygens (including phenoxy) is 1. The summed E-state index contributed by atoms with van der Waals surface area (Å²) in [6.07, 6.45) is -0.247. The average molecular weight is 231 g/mol. The van der Waals surface area contributed by atoms with Crippen LogP contribution < -0.4 is 4.74 Å². The number of aromatic hydroxyl groups is 1. The zero-order valence-electron chi connectivity index (χ0n) is 9.04. The molecule has 1 rings (SSSR count).